The normalized spacial score (nSPS) is 20.8. The van der Waals surface area contributed by atoms with Gasteiger partial charge in [0.25, 0.3) is 0 Å². The summed E-state index contributed by atoms with van der Waals surface area (Å²) in [5.41, 5.74) is 4.06. The molecular weight excluding hydrogens is 217 g/mol. The lowest BCUT2D eigenvalue weighted by Gasteiger charge is -2.08. The molecule has 1 fully saturated rings. The van der Waals surface area contributed by atoms with E-state index >= 15 is 0 Å². The third-order valence-electron chi connectivity index (χ3n) is 2.03. The maximum atomic E-state index is 12.2. The van der Waals surface area contributed by atoms with E-state index < -0.39 is 16.9 Å². The van der Waals surface area contributed by atoms with Gasteiger partial charge >= 0.3 is 6.18 Å². The molecule has 0 aliphatic heterocycles. The number of rotatable bonds is 2. The van der Waals surface area contributed by atoms with Crippen LogP contribution in [0.4, 0.5) is 13.2 Å². The second kappa shape index (κ2) is 3.81. The summed E-state index contributed by atoms with van der Waals surface area (Å²) >= 11 is 5.55. The minimum atomic E-state index is -4.56. The highest BCUT2D eigenvalue weighted by atomic mass is 35.5. The predicted molar refractivity (Wildman–Crippen MR) is 47.7 cm³/mol. The number of allylic oxidation sites excluding steroid dienone is 2. The number of nitrogens with two attached hydrogens (primary N) is 1. The Morgan fingerprint density at radius 2 is 1.93 bits per heavy atom. The van der Waals surface area contributed by atoms with E-state index in [-0.39, 0.29) is 5.92 Å². The number of alkyl halides is 3. The smallest absolute Gasteiger partial charge is 0.393 e. The minimum absolute atomic E-state index is 0.105. The molecular formula is C8H11ClF3N2+. The molecule has 1 rings (SSSR count). The summed E-state index contributed by atoms with van der Waals surface area (Å²) in [7, 11) is 1.54. The van der Waals surface area contributed by atoms with Crippen LogP contribution in [0.2, 0.25) is 0 Å². The largest absolute Gasteiger partial charge is 0.432 e. The lowest BCUT2D eigenvalue weighted by atomic mass is 10.2. The Morgan fingerprint density at radius 1 is 1.43 bits per heavy atom. The molecule has 1 saturated carbocycles. The molecule has 0 atom stereocenters. The highest BCUT2D eigenvalue weighted by Gasteiger charge is 2.40. The summed E-state index contributed by atoms with van der Waals surface area (Å²) < 4.78 is 36.5. The summed E-state index contributed by atoms with van der Waals surface area (Å²) in [6.07, 6.45) is -2.84. The van der Waals surface area contributed by atoms with E-state index in [0.717, 1.165) is 12.8 Å². The van der Waals surface area contributed by atoms with Crippen LogP contribution in [-0.4, -0.2) is 18.9 Å². The topological polar surface area (TPSA) is 40.0 Å². The van der Waals surface area contributed by atoms with Gasteiger partial charge in [-0.15, -0.1) is 0 Å². The summed E-state index contributed by atoms with van der Waals surface area (Å²) in [6, 6.07) is 0. The Morgan fingerprint density at radius 3 is 2.21 bits per heavy atom. The average Bonchev–Trinajstić information content (AvgIpc) is 2.86. The molecule has 0 bridgehead atoms. The van der Waals surface area contributed by atoms with Gasteiger partial charge in [-0.1, -0.05) is 11.6 Å². The van der Waals surface area contributed by atoms with Crippen LogP contribution in [-0.2, 0) is 0 Å². The van der Waals surface area contributed by atoms with Gasteiger partial charge in [0.2, 0.25) is 0 Å². The van der Waals surface area contributed by atoms with Crippen molar-refractivity contribution in [2.75, 3.05) is 7.05 Å². The van der Waals surface area contributed by atoms with Gasteiger partial charge in [0.1, 0.15) is 17.8 Å². The second-order valence-corrected chi connectivity index (χ2v) is 3.54. The summed E-state index contributed by atoms with van der Waals surface area (Å²) in [6.45, 7) is 0. The lowest BCUT2D eigenvalue weighted by Crippen LogP contribution is -2.69. The molecule has 0 aromatic heterocycles. The molecule has 1 aliphatic rings. The van der Waals surface area contributed by atoms with Gasteiger partial charge in [-0.05, 0) is 12.8 Å². The average molecular weight is 228 g/mol. The first kappa shape index (κ1) is 11.4. The molecule has 0 radical (unpaired) electrons. The molecule has 2 nitrogen and oxygen atoms in total. The Hall–Kier alpha value is -0.710. The van der Waals surface area contributed by atoms with Crippen LogP contribution in [0, 0.1) is 5.92 Å². The zero-order chi connectivity index (χ0) is 10.9. The molecule has 0 aromatic carbocycles. The Kier molecular flexibility index (Phi) is 3.09. The van der Waals surface area contributed by atoms with Crippen LogP contribution in [0.25, 0.3) is 0 Å². The van der Waals surface area contributed by atoms with Gasteiger partial charge < -0.3 is 5.73 Å². The van der Waals surface area contributed by atoms with Crippen molar-refractivity contribution >= 4 is 17.3 Å². The number of hydrogen-bond donors (Lipinski definition) is 2. The Balaban J connectivity index is 2.95. The molecule has 0 spiro atoms. The van der Waals surface area contributed by atoms with E-state index in [1.54, 1.807) is 7.05 Å². The SMILES string of the molecule is C[NH+]=C(C(Cl)=C(N)C(F)(F)F)C1CC1. The van der Waals surface area contributed by atoms with E-state index in [1.165, 1.54) is 0 Å². The van der Waals surface area contributed by atoms with Gasteiger partial charge in [0.15, 0.2) is 5.71 Å². The van der Waals surface area contributed by atoms with E-state index in [1.807, 2.05) is 0 Å². The third-order valence-corrected chi connectivity index (χ3v) is 2.44. The van der Waals surface area contributed by atoms with Crippen molar-refractivity contribution < 1.29 is 18.2 Å². The molecule has 0 saturated heterocycles. The van der Waals surface area contributed by atoms with Gasteiger partial charge in [-0.25, -0.2) is 4.99 Å². The first-order chi connectivity index (χ1) is 6.38. The maximum absolute atomic E-state index is 12.2. The van der Waals surface area contributed by atoms with Crippen molar-refractivity contribution in [3.05, 3.63) is 10.7 Å². The van der Waals surface area contributed by atoms with Crippen molar-refractivity contribution in [3.63, 3.8) is 0 Å². The number of halogens is 4. The molecule has 14 heavy (non-hydrogen) atoms. The fourth-order valence-electron chi connectivity index (χ4n) is 1.13. The highest BCUT2D eigenvalue weighted by Crippen LogP contribution is 2.35. The quantitative estimate of drug-likeness (QED) is 0.664. The standard InChI is InChI=1S/C8H10ClF3N2/c1-14-6(4-2-3-4)5(9)7(13)8(10,11)12/h4H,2-3,13H2,1H3/p+1. The molecule has 1 aliphatic carbocycles. The Bertz CT molecular complexity index is 289. The van der Waals surface area contributed by atoms with Crippen LogP contribution in [0.1, 0.15) is 12.8 Å². The van der Waals surface area contributed by atoms with E-state index in [2.05, 4.69) is 4.99 Å². The van der Waals surface area contributed by atoms with Crippen molar-refractivity contribution in [1.29, 1.82) is 0 Å². The first-order valence-electron chi connectivity index (χ1n) is 4.15. The fourth-order valence-corrected chi connectivity index (χ4v) is 1.49. The lowest BCUT2D eigenvalue weighted by molar-refractivity contribution is -0.421. The van der Waals surface area contributed by atoms with Gasteiger partial charge in [0.05, 0.1) is 0 Å². The van der Waals surface area contributed by atoms with Crippen LogP contribution < -0.4 is 10.7 Å². The Labute approximate surface area is 84.6 Å². The zero-order valence-corrected chi connectivity index (χ0v) is 8.34. The van der Waals surface area contributed by atoms with E-state index in [0.29, 0.717) is 5.71 Å². The maximum Gasteiger partial charge on any atom is 0.432 e. The molecule has 0 unspecified atom stereocenters. The molecule has 0 aromatic rings. The fraction of sp³-hybridized carbons (Fsp3) is 0.625. The van der Waals surface area contributed by atoms with Crippen LogP contribution in [0.3, 0.4) is 0 Å². The van der Waals surface area contributed by atoms with E-state index in [4.69, 9.17) is 17.3 Å². The molecule has 6 heteroatoms. The van der Waals surface area contributed by atoms with Gasteiger partial charge in [-0.3, -0.25) is 0 Å². The zero-order valence-electron chi connectivity index (χ0n) is 7.58. The molecule has 0 amide bonds. The van der Waals surface area contributed by atoms with Crippen molar-refractivity contribution in [1.82, 2.24) is 0 Å². The van der Waals surface area contributed by atoms with Crippen molar-refractivity contribution in [2.45, 2.75) is 19.0 Å². The summed E-state index contributed by atoms with van der Waals surface area (Å²) in [5.74, 6) is 0.105. The third kappa shape index (κ3) is 2.41. The summed E-state index contributed by atoms with van der Waals surface area (Å²) in [4.78, 5) is 2.66. The predicted octanol–water partition coefficient (Wildman–Crippen LogP) is 0.519. The van der Waals surface area contributed by atoms with Crippen molar-refractivity contribution in [3.8, 4) is 0 Å². The highest BCUT2D eigenvalue weighted by molar-refractivity contribution is 6.43. The van der Waals surface area contributed by atoms with Crippen LogP contribution in [0.15, 0.2) is 10.7 Å². The minimum Gasteiger partial charge on any atom is -0.393 e. The number of hydrogen-bond acceptors (Lipinski definition) is 1. The van der Waals surface area contributed by atoms with E-state index in [9.17, 15) is 13.2 Å². The second-order valence-electron chi connectivity index (χ2n) is 3.16. The molecule has 80 valence electrons. The molecule has 0 heterocycles. The first-order valence-corrected chi connectivity index (χ1v) is 4.53. The number of nitrogens with one attached hydrogen (secondary N) is 1. The van der Waals surface area contributed by atoms with Crippen molar-refractivity contribution in [2.24, 2.45) is 11.7 Å². The molecule has 3 N–H and O–H groups in total. The summed E-state index contributed by atoms with van der Waals surface area (Å²) in [5, 5.41) is -0.400. The van der Waals surface area contributed by atoms with Gasteiger partial charge in [0, 0.05) is 5.92 Å². The monoisotopic (exact) mass is 227 g/mol. The van der Waals surface area contributed by atoms with Crippen LogP contribution >= 0.6 is 11.6 Å². The van der Waals surface area contributed by atoms with Crippen LogP contribution in [0.5, 0.6) is 0 Å². The van der Waals surface area contributed by atoms with Gasteiger partial charge in [-0.2, -0.15) is 13.2 Å².